The molecule has 0 aliphatic rings. The SMILES string of the molecule is Cc1cccc(C(=O)O)c1C.Cc1cccc(C=O)c1C. The van der Waals surface area contributed by atoms with Crippen molar-refractivity contribution >= 4 is 12.3 Å². The highest BCUT2D eigenvalue weighted by atomic mass is 16.4. The molecule has 3 heteroatoms. The highest BCUT2D eigenvalue weighted by molar-refractivity contribution is 5.89. The molecule has 0 aliphatic carbocycles. The number of aromatic carboxylic acids is 1. The molecule has 0 radical (unpaired) electrons. The van der Waals surface area contributed by atoms with Crippen LogP contribution in [0.1, 0.15) is 43.0 Å². The van der Waals surface area contributed by atoms with Crippen molar-refractivity contribution in [2.24, 2.45) is 0 Å². The Morgan fingerprint density at radius 2 is 1.43 bits per heavy atom. The monoisotopic (exact) mass is 284 g/mol. The van der Waals surface area contributed by atoms with Crippen LogP contribution in [0.15, 0.2) is 36.4 Å². The van der Waals surface area contributed by atoms with Crippen LogP contribution in [-0.2, 0) is 0 Å². The van der Waals surface area contributed by atoms with Gasteiger partial charge in [0.2, 0.25) is 0 Å². The van der Waals surface area contributed by atoms with Crippen LogP contribution in [0.5, 0.6) is 0 Å². The fourth-order valence-electron chi connectivity index (χ4n) is 1.88. The highest BCUT2D eigenvalue weighted by Gasteiger charge is 2.06. The van der Waals surface area contributed by atoms with Gasteiger partial charge in [0.25, 0.3) is 0 Å². The van der Waals surface area contributed by atoms with Crippen LogP contribution in [0.25, 0.3) is 0 Å². The van der Waals surface area contributed by atoms with Gasteiger partial charge in [0.05, 0.1) is 5.56 Å². The second kappa shape index (κ2) is 7.39. The maximum Gasteiger partial charge on any atom is 0.335 e. The van der Waals surface area contributed by atoms with Crippen LogP contribution in [0.4, 0.5) is 0 Å². The zero-order valence-corrected chi connectivity index (χ0v) is 12.8. The van der Waals surface area contributed by atoms with Crippen molar-refractivity contribution in [3.8, 4) is 0 Å². The predicted octanol–water partition coefficient (Wildman–Crippen LogP) is 4.12. The molecule has 2 aromatic carbocycles. The summed E-state index contributed by atoms with van der Waals surface area (Å²) in [4.78, 5) is 21.0. The molecular formula is C18H20O3. The van der Waals surface area contributed by atoms with E-state index in [1.54, 1.807) is 12.1 Å². The number of aryl methyl sites for hydroxylation is 2. The van der Waals surface area contributed by atoms with Crippen LogP contribution in [-0.4, -0.2) is 17.4 Å². The van der Waals surface area contributed by atoms with Gasteiger partial charge in [-0.25, -0.2) is 4.79 Å². The zero-order valence-electron chi connectivity index (χ0n) is 12.8. The topological polar surface area (TPSA) is 54.4 Å². The van der Waals surface area contributed by atoms with Gasteiger partial charge in [-0.2, -0.15) is 0 Å². The van der Waals surface area contributed by atoms with Crippen molar-refractivity contribution in [1.29, 1.82) is 0 Å². The Bertz CT molecular complexity index is 658. The molecule has 21 heavy (non-hydrogen) atoms. The molecule has 2 rings (SSSR count). The Morgan fingerprint density at radius 1 is 0.905 bits per heavy atom. The lowest BCUT2D eigenvalue weighted by Gasteiger charge is -2.02. The zero-order chi connectivity index (χ0) is 16.0. The first kappa shape index (κ1) is 16.6. The molecule has 1 N–H and O–H groups in total. The first-order chi connectivity index (χ1) is 9.88. The summed E-state index contributed by atoms with van der Waals surface area (Å²) < 4.78 is 0. The number of benzene rings is 2. The van der Waals surface area contributed by atoms with Gasteiger partial charge in [-0.15, -0.1) is 0 Å². The summed E-state index contributed by atoms with van der Waals surface area (Å²) in [7, 11) is 0. The summed E-state index contributed by atoms with van der Waals surface area (Å²) in [5, 5.41) is 8.69. The molecular weight excluding hydrogens is 264 g/mol. The molecule has 110 valence electrons. The second-order valence-corrected chi connectivity index (χ2v) is 4.96. The van der Waals surface area contributed by atoms with E-state index in [2.05, 4.69) is 0 Å². The van der Waals surface area contributed by atoms with Crippen molar-refractivity contribution in [3.05, 3.63) is 69.8 Å². The van der Waals surface area contributed by atoms with Gasteiger partial charge in [-0.05, 0) is 56.0 Å². The number of carbonyl (C=O) groups excluding carboxylic acids is 1. The predicted molar refractivity (Wildman–Crippen MR) is 84.2 cm³/mol. The van der Waals surface area contributed by atoms with Crippen LogP contribution >= 0.6 is 0 Å². The first-order valence-electron chi connectivity index (χ1n) is 6.69. The smallest absolute Gasteiger partial charge is 0.335 e. The Kier molecular flexibility index (Phi) is 5.85. The number of aldehydes is 1. The second-order valence-electron chi connectivity index (χ2n) is 4.96. The first-order valence-corrected chi connectivity index (χ1v) is 6.69. The van der Waals surface area contributed by atoms with E-state index in [4.69, 9.17) is 5.11 Å². The third kappa shape index (κ3) is 4.28. The van der Waals surface area contributed by atoms with E-state index < -0.39 is 5.97 Å². The van der Waals surface area contributed by atoms with Crippen LogP contribution in [0, 0.1) is 27.7 Å². The fourth-order valence-corrected chi connectivity index (χ4v) is 1.88. The summed E-state index contributed by atoms with van der Waals surface area (Å²) in [6.45, 7) is 7.68. The minimum atomic E-state index is -0.855. The van der Waals surface area contributed by atoms with Crippen molar-refractivity contribution in [2.45, 2.75) is 27.7 Å². The maximum absolute atomic E-state index is 10.6. The van der Waals surface area contributed by atoms with E-state index in [0.29, 0.717) is 5.56 Å². The standard InChI is InChI=1S/C9H10O2.C9H10O/c1-6-4-3-5-8(7(6)2)9(10)11;1-7-4-3-5-9(6-10)8(7)2/h3-5H,1-2H3,(H,10,11);3-6H,1-2H3. The van der Waals surface area contributed by atoms with E-state index >= 15 is 0 Å². The van der Waals surface area contributed by atoms with Crippen molar-refractivity contribution < 1.29 is 14.7 Å². The van der Waals surface area contributed by atoms with Gasteiger partial charge >= 0.3 is 5.97 Å². The van der Waals surface area contributed by atoms with Crippen molar-refractivity contribution in [1.82, 2.24) is 0 Å². The molecule has 0 unspecified atom stereocenters. The van der Waals surface area contributed by atoms with Gasteiger partial charge in [0.15, 0.2) is 0 Å². The van der Waals surface area contributed by atoms with E-state index in [1.165, 1.54) is 5.56 Å². The van der Waals surface area contributed by atoms with Crippen molar-refractivity contribution in [2.75, 3.05) is 0 Å². The molecule has 0 aromatic heterocycles. The summed E-state index contributed by atoms with van der Waals surface area (Å²) in [5.41, 5.74) is 5.30. The molecule has 0 fully saturated rings. The van der Waals surface area contributed by atoms with Gasteiger partial charge in [-0.3, -0.25) is 4.79 Å². The minimum Gasteiger partial charge on any atom is -0.478 e. The third-order valence-electron chi connectivity index (χ3n) is 3.61. The Hall–Kier alpha value is -2.42. The summed E-state index contributed by atoms with van der Waals surface area (Å²) in [6.07, 6.45) is 0.891. The molecule has 0 amide bonds. The molecule has 3 nitrogen and oxygen atoms in total. The lowest BCUT2D eigenvalue weighted by atomic mass is 10.0. The van der Waals surface area contributed by atoms with E-state index in [9.17, 15) is 9.59 Å². The molecule has 0 atom stereocenters. The summed E-state index contributed by atoms with van der Waals surface area (Å²) in [6, 6.07) is 11.0. The maximum atomic E-state index is 10.6. The molecule has 0 heterocycles. The minimum absolute atomic E-state index is 0.394. The Balaban J connectivity index is 0.000000211. The van der Waals surface area contributed by atoms with Gasteiger partial charge in [0, 0.05) is 5.56 Å². The molecule has 0 bridgehead atoms. The number of carboxylic acids is 1. The molecule has 0 saturated heterocycles. The van der Waals surface area contributed by atoms with Crippen LogP contribution in [0.2, 0.25) is 0 Å². The van der Waals surface area contributed by atoms with Crippen LogP contribution < -0.4 is 0 Å². The van der Waals surface area contributed by atoms with Crippen LogP contribution in [0.3, 0.4) is 0 Å². The number of rotatable bonds is 2. The molecule has 0 aliphatic heterocycles. The number of carboxylic acid groups (broad SMARTS) is 1. The third-order valence-corrected chi connectivity index (χ3v) is 3.61. The quantitative estimate of drug-likeness (QED) is 0.844. The van der Waals surface area contributed by atoms with Gasteiger partial charge in [-0.1, -0.05) is 30.3 Å². The number of carbonyl (C=O) groups is 2. The summed E-state index contributed by atoms with van der Waals surface area (Å²) in [5.74, 6) is -0.855. The number of hydrogen-bond acceptors (Lipinski definition) is 2. The summed E-state index contributed by atoms with van der Waals surface area (Å²) >= 11 is 0. The lowest BCUT2D eigenvalue weighted by Crippen LogP contribution is -2.00. The normalized spacial score (nSPS) is 9.52. The fraction of sp³-hybridized carbons (Fsp3) is 0.222. The molecule has 2 aromatic rings. The van der Waals surface area contributed by atoms with E-state index in [1.807, 2.05) is 52.0 Å². The largest absolute Gasteiger partial charge is 0.478 e. The lowest BCUT2D eigenvalue weighted by molar-refractivity contribution is 0.0696. The molecule has 0 saturated carbocycles. The van der Waals surface area contributed by atoms with E-state index in [0.717, 1.165) is 28.5 Å². The molecule has 0 spiro atoms. The Morgan fingerprint density at radius 3 is 1.86 bits per heavy atom. The van der Waals surface area contributed by atoms with Crippen molar-refractivity contribution in [3.63, 3.8) is 0 Å². The van der Waals surface area contributed by atoms with Gasteiger partial charge in [0.1, 0.15) is 6.29 Å². The van der Waals surface area contributed by atoms with E-state index in [-0.39, 0.29) is 0 Å². The average Bonchev–Trinajstić information content (AvgIpc) is 2.45. The Labute approximate surface area is 125 Å². The highest BCUT2D eigenvalue weighted by Crippen LogP contribution is 2.12. The average molecular weight is 284 g/mol. The van der Waals surface area contributed by atoms with Gasteiger partial charge < -0.3 is 5.11 Å². The number of hydrogen-bond donors (Lipinski definition) is 1.